The lowest BCUT2D eigenvalue weighted by Gasteiger charge is -2.20. The van der Waals surface area contributed by atoms with Gasteiger partial charge in [0.2, 0.25) is 0 Å². The number of nitrogens with one attached hydrogen (secondary N) is 1. The number of fused-ring (bicyclic) bond motifs is 1. The van der Waals surface area contributed by atoms with E-state index in [9.17, 15) is 4.39 Å². The van der Waals surface area contributed by atoms with Crippen molar-refractivity contribution in [3.05, 3.63) is 29.1 Å². The van der Waals surface area contributed by atoms with Gasteiger partial charge in [0.15, 0.2) is 6.79 Å². The number of benzene rings is 1. The maximum atomic E-state index is 13.1. The second-order valence-corrected chi connectivity index (χ2v) is 3.19. The molecule has 0 aliphatic carbocycles. The molecule has 3 nitrogen and oxygen atoms in total. The lowest BCUT2D eigenvalue weighted by atomic mass is 10.1. The molecule has 1 aliphatic heterocycles. The topological polar surface area (TPSA) is 30.5 Å². The molecule has 0 unspecified atom stereocenters. The van der Waals surface area contributed by atoms with Crippen LogP contribution in [0.15, 0.2) is 12.1 Å². The molecule has 0 saturated carbocycles. The third-order valence-corrected chi connectivity index (χ3v) is 2.12. The number of hydrogen-bond donors (Lipinski definition) is 1. The highest BCUT2D eigenvalue weighted by Crippen LogP contribution is 2.29. The Morgan fingerprint density at radius 1 is 1.47 bits per heavy atom. The van der Waals surface area contributed by atoms with Crippen molar-refractivity contribution < 1.29 is 13.9 Å². The Bertz CT molecular complexity index is 346. The van der Waals surface area contributed by atoms with Crippen molar-refractivity contribution in [1.29, 1.82) is 0 Å². The fourth-order valence-electron chi connectivity index (χ4n) is 1.58. The molecule has 1 heterocycles. The highest BCUT2D eigenvalue weighted by Gasteiger charge is 2.16. The highest BCUT2D eigenvalue weighted by molar-refractivity contribution is 5.85. The van der Waals surface area contributed by atoms with Crippen LogP contribution in [0.1, 0.15) is 11.1 Å². The lowest BCUT2D eigenvalue weighted by molar-refractivity contribution is -0.0173. The SMILES string of the molecule is CNCc1cc(F)cc2c1OCOC2.Cl. The molecule has 0 fully saturated rings. The van der Waals surface area contributed by atoms with Gasteiger partial charge >= 0.3 is 0 Å². The molecule has 84 valence electrons. The summed E-state index contributed by atoms with van der Waals surface area (Å²) in [7, 11) is 1.82. The number of ether oxygens (including phenoxy) is 2. The van der Waals surface area contributed by atoms with Crippen molar-refractivity contribution in [2.24, 2.45) is 0 Å². The predicted molar refractivity (Wildman–Crippen MR) is 56.7 cm³/mol. The van der Waals surface area contributed by atoms with Gasteiger partial charge in [-0.1, -0.05) is 0 Å². The first-order chi connectivity index (χ1) is 6.81. The van der Waals surface area contributed by atoms with Crippen LogP contribution in [0.2, 0.25) is 0 Å². The molecule has 2 rings (SSSR count). The minimum Gasteiger partial charge on any atom is -0.467 e. The van der Waals surface area contributed by atoms with E-state index in [1.54, 1.807) is 0 Å². The van der Waals surface area contributed by atoms with Crippen LogP contribution in [0.25, 0.3) is 0 Å². The molecule has 1 N–H and O–H groups in total. The maximum absolute atomic E-state index is 13.1. The van der Waals surface area contributed by atoms with Crippen molar-refractivity contribution >= 4 is 12.4 Å². The predicted octanol–water partition coefficient (Wildman–Crippen LogP) is 1.83. The molecule has 0 spiro atoms. The monoisotopic (exact) mass is 233 g/mol. The second-order valence-electron chi connectivity index (χ2n) is 3.19. The van der Waals surface area contributed by atoms with Crippen LogP contribution < -0.4 is 10.1 Å². The fraction of sp³-hybridized carbons (Fsp3) is 0.400. The van der Waals surface area contributed by atoms with E-state index in [1.165, 1.54) is 12.1 Å². The van der Waals surface area contributed by atoms with Crippen molar-refractivity contribution in [2.45, 2.75) is 13.2 Å². The van der Waals surface area contributed by atoms with Crippen LogP contribution in [0.5, 0.6) is 5.75 Å². The molecule has 0 aromatic heterocycles. The van der Waals surface area contributed by atoms with E-state index in [2.05, 4.69) is 5.32 Å². The van der Waals surface area contributed by atoms with Crippen molar-refractivity contribution in [1.82, 2.24) is 5.32 Å². The third-order valence-electron chi connectivity index (χ3n) is 2.12. The van der Waals surface area contributed by atoms with E-state index >= 15 is 0 Å². The summed E-state index contributed by atoms with van der Waals surface area (Å²) in [5, 5.41) is 2.97. The standard InChI is InChI=1S/C10H12FNO2.ClH/c1-12-4-7-2-9(11)3-8-5-13-6-14-10(7)8;/h2-3,12H,4-6H2,1H3;1H. The normalized spacial score (nSPS) is 13.7. The van der Waals surface area contributed by atoms with Gasteiger partial charge in [-0.2, -0.15) is 0 Å². The summed E-state index contributed by atoms with van der Waals surface area (Å²) in [6, 6.07) is 2.94. The zero-order valence-corrected chi connectivity index (χ0v) is 9.20. The number of halogens is 2. The van der Waals surface area contributed by atoms with Crippen molar-refractivity contribution in [3.63, 3.8) is 0 Å². The minimum absolute atomic E-state index is 0. The molecular formula is C10H13ClFNO2. The average molecular weight is 234 g/mol. The first-order valence-corrected chi connectivity index (χ1v) is 4.47. The zero-order valence-electron chi connectivity index (χ0n) is 8.38. The lowest BCUT2D eigenvalue weighted by Crippen LogP contribution is -2.16. The van der Waals surface area contributed by atoms with Crippen LogP contribution in [-0.4, -0.2) is 13.8 Å². The van der Waals surface area contributed by atoms with Gasteiger partial charge in [0.05, 0.1) is 6.61 Å². The van der Waals surface area contributed by atoms with Gasteiger partial charge in [-0.25, -0.2) is 4.39 Å². The van der Waals surface area contributed by atoms with Crippen LogP contribution >= 0.6 is 12.4 Å². The van der Waals surface area contributed by atoms with Crippen LogP contribution in [0.3, 0.4) is 0 Å². The van der Waals surface area contributed by atoms with Gasteiger partial charge < -0.3 is 14.8 Å². The minimum atomic E-state index is -0.247. The van der Waals surface area contributed by atoms with Gasteiger partial charge in [-0.05, 0) is 19.2 Å². The molecule has 0 bridgehead atoms. The third kappa shape index (κ3) is 2.59. The Kier molecular flexibility index (Phi) is 4.32. The first-order valence-electron chi connectivity index (χ1n) is 4.47. The molecule has 0 amide bonds. The van der Waals surface area contributed by atoms with E-state index in [0.717, 1.165) is 16.9 Å². The summed E-state index contributed by atoms with van der Waals surface area (Å²) >= 11 is 0. The summed E-state index contributed by atoms with van der Waals surface area (Å²) in [5.41, 5.74) is 1.62. The second kappa shape index (κ2) is 5.30. The number of hydrogen-bond acceptors (Lipinski definition) is 3. The molecule has 15 heavy (non-hydrogen) atoms. The first kappa shape index (κ1) is 12.2. The summed E-state index contributed by atoms with van der Waals surface area (Å²) in [6.07, 6.45) is 0. The molecule has 1 aliphatic rings. The van der Waals surface area contributed by atoms with Gasteiger partial charge in [0, 0.05) is 17.7 Å². The summed E-state index contributed by atoms with van der Waals surface area (Å²) in [6.45, 7) is 1.26. The highest BCUT2D eigenvalue weighted by atomic mass is 35.5. The Morgan fingerprint density at radius 2 is 2.27 bits per heavy atom. The van der Waals surface area contributed by atoms with E-state index in [0.29, 0.717) is 13.2 Å². The molecule has 0 radical (unpaired) electrons. The van der Waals surface area contributed by atoms with Gasteiger partial charge in [0.25, 0.3) is 0 Å². The van der Waals surface area contributed by atoms with Crippen LogP contribution in [0, 0.1) is 5.82 Å². The summed E-state index contributed by atoms with van der Waals surface area (Å²) < 4.78 is 23.5. The Balaban J connectivity index is 0.00000112. The molecule has 0 saturated heterocycles. The van der Waals surface area contributed by atoms with E-state index in [1.807, 2.05) is 7.05 Å². The molecular weight excluding hydrogens is 221 g/mol. The van der Waals surface area contributed by atoms with E-state index in [4.69, 9.17) is 9.47 Å². The van der Waals surface area contributed by atoms with Crippen molar-refractivity contribution in [3.8, 4) is 5.75 Å². The van der Waals surface area contributed by atoms with E-state index in [-0.39, 0.29) is 25.0 Å². The molecule has 1 aromatic rings. The van der Waals surface area contributed by atoms with Gasteiger partial charge in [0.1, 0.15) is 11.6 Å². The Labute approximate surface area is 94.0 Å². The van der Waals surface area contributed by atoms with Crippen LogP contribution in [-0.2, 0) is 17.9 Å². The molecule has 0 atom stereocenters. The average Bonchev–Trinajstić information content (AvgIpc) is 2.18. The maximum Gasteiger partial charge on any atom is 0.189 e. The molecule has 5 heteroatoms. The van der Waals surface area contributed by atoms with Crippen molar-refractivity contribution in [2.75, 3.05) is 13.8 Å². The Hall–Kier alpha value is -0.840. The Morgan fingerprint density at radius 3 is 3.00 bits per heavy atom. The largest absolute Gasteiger partial charge is 0.467 e. The van der Waals surface area contributed by atoms with E-state index < -0.39 is 0 Å². The summed E-state index contributed by atoms with van der Waals surface area (Å²) in [5.74, 6) is 0.509. The summed E-state index contributed by atoms with van der Waals surface area (Å²) in [4.78, 5) is 0. The quantitative estimate of drug-likeness (QED) is 0.846. The fourth-order valence-corrected chi connectivity index (χ4v) is 1.58. The smallest absolute Gasteiger partial charge is 0.189 e. The van der Waals surface area contributed by atoms with Gasteiger partial charge in [-0.3, -0.25) is 0 Å². The van der Waals surface area contributed by atoms with Gasteiger partial charge in [-0.15, -0.1) is 12.4 Å². The molecule has 1 aromatic carbocycles. The zero-order chi connectivity index (χ0) is 9.97. The number of rotatable bonds is 2. The van der Waals surface area contributed by atoms with Crippen LogP contribution in [0.4, 0.5) is 4.39 Å².